The fraction of sp³-hybridized carbons (Fsp3) is 0.976. The Morgan fingerprint density at radius 2 is 1.57 bits per heavy atom. The van der Waals surface area contributed by atoms with Crippen molar-refractivity contribution in [3.63, 3.8) is 0 Å². The van der Waals surface area contributed by atoms with Crippen molar-refractivity contribution in [2.45, 2.75) is 213 Å². The summed E-state index contributed by atoms with van der Waals surface area (Å²) < 4.78 is 38.4. The number of likely N-dealkylation sites (N-methyl/N-ethyl adjacent to an activating group) is 1. The van der Waals surface area contributed by atoms with Crippen LogP contribution in [0, 0.1) is 29.6 Å². The molecule has 3 aliphatic rings. The molecule has 3 heterocycles. The van der Waals surface area contributed by atoms with Gasteiger partial charge in [0.2, 0.25) is 0 Å². The van der Waals surface area contributed by atoms with Gasteiger partial charge in [-0.25, -0.2) is 0 Å². The first-order chi connectivity index (χ1) is 24.4. The summed E-state index contributed by atoms with van der Waals surface area (Å²) >= 11 is 0. The van der Waals surface area contributed by atoms with Crippen molar-refractivity contribution in [2.75, 3.05) is 14.2 Å². The van der Waals surface area contributed by atoms with Gasteiger partial charge < -0.3 is 48.8 Å². The molecule has 0 aromatic heterocycles. The third-order valence-electron chi connectivity index (χ3n) is 13.5. The number of esters is 1. The molecule has 312 valence electrons. The van der Waals surface area contributed by atoms with E-state index in [1.54, 1.807) is 21.0 Å². The first kappa shape index (κ1) is 46.5. The van der Waals surface area contributed by atoms with Crippen molar-refractivity contribution in [2.24, 2.45) is 29.6 Å². The topological polar surface area (TPSA) is 157 Å². The summed E-state index contributed by atoms with van der Waals surface area (Å²) in [5, 5.41) is 47.5. The first-order valence-corrected chi connectivity index (χ1v) is 20.4. The minimum atomic E-state index is -1.73. The molecule has 0 saturated carbocycles. The Hall–Kier alpha value is -0.930. The van der Waals surface area contributed by atoms with E-state index in [1.165, 1.54) is 6.92 Å². The Balaban J connectivity index is 2.15. The zero-order chi connectivity index (χ0) is 40.4. The van der Waals surface area contributed by atoms with Crippen LogP contribution in [0.4, 0.5) is 0 Å². The van der Waals surface area contributed by atoms with Crippen LogP contribution < -0.4 is 0 Å². The number of ether oxygens (including phenoxy) is 6. The lowest BCUT2D eigenvalue weighted by Gasteiger charge is -2.50. The molecule has 3 fully saturated rings. The molecule has 0 radical (unpaired) electrons. The molecule has 53 heavy (non-hydrogen) atoms. The molecule has 0 aromatic rings. The zero-order valence-corrected chi connectivity index (χ0v) is 35.6. The van der Waals surface area contributed by atoms with E-state index in [0.717, 1.165) is 6.42 Å². The molecule has 0 aromatic carbocycles. The lowest BCUT2D eigenvalue weighted by molar-refractivity contribution is -0.314. The number of rotatable bonds is 9. The number of carbonyl (C=O) groups is 1. The second-order valence-corrected chi connectivity index (χ2v) is 18.0. The molecular formula is C41H77NO11. The second kappa shape index (κ2) is 18.6. The standard InChI is InChI=1S/C41H77NO11/c1-16-24(5)42(14)30-19-25(6)49-38(33(30)43)53-36-26(7)34(52-32-21-40(12,48-15)28(9)29(10)50-32)27(8)37(45)51-31(17-2)41(13,47)35(44)23(4)18-22(3)20-39(36,11)46/h22-36,38,43-44,46-47H,16-21H2,1-15H3/t22-,23+,24?,25+,26-,27+,28-,29-,30-,31-,32-,33+,34-,35+,36+,38-,39-,40+,41+/m0/s1. The van der Waals surface area contributed by atoms with Crippen molar-refractivity contribution in [1.82, 2.24) is 4.90 Å². The molecule has 4 N–H and O–H groups in total. The van der Waals surface area contributed by atoms with Crippen LogP contribution in [0.3, 0.4) is 0 Å². The van der Waals surface area contributed by atoms with Crippen molar-refractivity contribution < 1.29 is 53.6 Å². The summed E-state index contributed by atoms with van der Waals surface area (Å²) in [4.78, 5) is 16.4. The Morgan fingerprint density at radius 3 is 2.13 bits per heavy atom. The molecule has 19 atom stereocenters. The zero-order valence-electron chi connectivity index (χ0n) is 35.6. The first-order valence-electron chi connectivity index (χ1n) is 20.4. The van der Waals surface area contributed by atoms with Crippen LogP contribution in [-0.2, 0) is 33.2 Å². The Kier molecular flexibility index (Phi) is 16.3. The largest absolute Gasteiger partial charge is 0.459 e. The van der Waals surface area contributed by atoms with E-state index < -0.39 is 77.7 Å². The maximum absolute atomic E-state index is 14.2. The van der Waals surface area contributed by atoms with Gasteiger partial charge in [0.15, 0.2) is 12.6 Å². The van der Waals surface area contributed by atoms with Gasteiger partial charge in [-0.2, -0.15) is 0 Å². The molecule has 3 rings (SSSR count). The van der Waals surface area contributed by atoms with Gasteiger partial charge in [0.25, 0.3) is 0 Å². The lowest BCUT2D eigenvalue weighted by Crippen LogP contribution is -2.61. The minimum absolute atomic E-state index is 0.0595. The summed E-state index contributed by atoms with van der Waals surface area (Å²) in [6.07, 6.45) is -4.51. The van der Waals surface area contributed by atoms with Crippen molar-refractivity contribution in [1.29, 1.82) is 0 Å². The number of cyclic esters (lactones) is 1. The third kappa shape index (κ3) is 10.5. The number of methoxy groups -OCH3 is 1. The van der Waals surface area contributed by atoms with Gasteiger partial charge in [0, 0.05) is 37.5 Å². The van der Waals surface area contributed by atoms with E-state index in [4.69, 9.17) is 28.4 Å². The highest BCUT2D eigenvalue weighted by Crippen LogP contribution is 2.42. The number of aliphatic hydroxyl groups excluding tert-OH is 2. The molecule has 0 amide bonds. The number of aliphatic hydroxyl groups is 4. The third-order valence-corrected chi connectivity index (χ3v) is 13.5. The van der Waals surface area contributed by atoms with Crippen LogP contribution >= 0.6 is 0 Å². The monoisotopic (exact) mass is 760 g/mol. The van der Waals surface area contributed by atoms with Crippen LogP contribution in [0.2, 0.25) is 0 Å². The van der Waals surface area contributed by atoms with Crippen LogP contribution in [0.5, 0.6) is 0 Å². The fourth-order valence-corrected chi connectivity index (χ4v) is 9.39. The SMILES string of the molecule is CCC(C)N(C)[C@H]1C[C@@H](C)O[C@@H](O[C@@H]2[C@@H](C)[C@H](O[C@H]3C[C@@](C)(OC)[C@@H](C)[C@H](C)O3)[C@@H](C)C(=O)O[C@@H](CC)[C@@](C)(O)[C@H](O)[C@H](C)C[C@H](C)C[C@]2(C)O)[C@@H]1O. The predicted molar refractivity (Wildman–Crippen MR) is 203 cm³/mol. The van der Waals surface area contributed by atoms with Gasteiger partial charge in [0.1, 0.15) is 17.8 Å². The van der Waals surface area contributed by atoms with E-state index in [2.05, 4.69) is 25.7 Å². The van der Waals surface area contributed by atoms with Gasteiger partial charge in [-0.3, -0.25) is 9.69 Å². The quantitative estimate of drug-likeness (QED) is 0.233. The smallest absolute Gasteiger partial charge is 0.311 e. The van der Waals surface area contributed by atoms with Crippen molar-refractivity contribution in [3.05, 3.63) is 0 Å². The van der Waals surface area contributed by atoms with Crippen molar-refractivity contribution >= 4 is 5.97 Å². The maximum atomic E-state index is 14.2. The molecular weight excluding hydrogens is 682 g/mol. The van der Waals surface area contributed by atoms with Gasteiger partial charge in [-0.05, 0) is 99.5 Å². The highest BCUT2D eigenvalue weighted by Gasteiger charge is 2.52. The van der Waals surface area contributed by atoms with Crippen LogP contribution in [0.1, 0.15) is 129 Å². The number of hydrogen-bond acceptors (Lipinski definition) is 12. The Labute approximate surface area is 320 Å². The minimum Gasteiger partial charge on any atom is -0.459 e. The second-order valence-electron chi connectivity index (χ2n) is 18.0. The summed E-state index contributed by atoms with van der Waals surface area (Å²) in [6.45, 7) is 24.8. The van der Waals surface area contributed by atoms with Crippen molar-refractivity contribution in [3.8, 4) is 0 Å². The average Bonchev–Trinajstić information content (AvgIpc) is 3.09. The van der Waals surface area contributed by atoms with Crippen LogP contribution in [0.15, 0.2) is 0 Å². The molecule has 12 heteroatoms. The van der Waals surface area contributed by atoms with Gasteiger partial charge >= 0.3 is 5.97 Å². The summed E-state index contributed by atoms with van der Waals surface area (Å²) in [5.74, 6) is -2.68. The molecule has 12 nitrogen and oxygen atoms in total. The Bertz CT molecular complexity index is 1150. The fourth-order valence-electron chi connectivity index (χ4n) is 9.39. The molecule has 0 aliphatic carbocycles. The van der Waals surface area contributed by atoms with E-state index in [0.29, 0.717) is 19.3 Å². The van der Waals surface area contributed by atoms with Gasteiger partial charge in [-0.15, -0.1) is 0 Å². The summed E-state index contributed by atoms with van der Waals surface area (Å²) in [5.41, 5.74) is -3.82. The maximum Gasteiger partial charge on any atom is 0.311 e. The molecule has 0 spiro atoms. The average molecular weight is 760 g/mol. The normalized spacial score (nSPS) is 48.9. The number of hydrogen-bond donors (Lipinski definition) is 4. The van der Waals surface area contributed by atoms with Gasteiger partial charge in [-0.1, -0.05) is 41.5 Å². The van der Waals surface area contributed by atoms with E-state index in [1.807, 2.05) is 55.5 Å². The summed E-state index contributed by atoms with van der Waals surface area (Å²) in [7, 11) is 3.68. The predicted octanol–water partition coefficient (Wildman–Crippen LogP) is 5.05. The number of carbonyl (C=O) groups excluding carboxylic acids is 1. The summed E-state index contributed by atoms with van der Waals surface area (Å²) in [6, 6.07) is -0.0322. The Morgan fingerprint density at radius 1 is 0.943 bits per heavy atom. The molecule has 1 unspecified atom stereocenters. The highest BCUT2D eigenvalue weighted by atomic mass is 16.7. The van der Waals surface area contributed by atoms with Gasteiger partial charge in [0.05, 0.1) is 47.6 Å². The number of nitrogens with zero attached hydrogens (tertiary/aromatic N) is 1. The van der Waals surface area contributed by atoms with Crippen LogP contribution in [-0.4, -0.2) is 130 Å². The lowest BCUT2D eigenvalue weighted by atomic mass is 9.74. The molecule has 0 bridgehead atoms. The highest BCUT2D eigenvalue weighted by molar-refractivity contribution is 5.73. The molecule has 3 aliphatic heterocycles. The van der Waals surface area contributed by atoms with E-state index in [9.17, 15) is 25.2 Å². The van der Waals surface area contributed by atoms with E-state index in [-0.39, 0.29) is 54.9 Å². The van der Waals surface area contributed by atoms with Crippen LogP contribution in [0.25, 0.3) is 0 Å². The molecule has 3 saturated heterocycles. The van der Waals surface area contributed by atoms with E-state index >= 15 is 0 Å².